The van der Waals surface area contributed by atoms with Crippen LogP contribution < -0.4 is 10.2 Å². The Balaban J connectivity index is 1.69. The van der Waals surface area contributed by atoms with Gasteiger partial charge in [-0.2, -0.15) is 4.31 Å². The normalized spacial score (nSPS) is 16.1. The van der Waals surface area contributed by atoms with Gasteiger partial charge in [-0.3, -0.25) is 4.79 Å². The molecular weight excluding hydrogens is 348 g/mol. The van der Waals surface area contributed by atoms with Gasteiger partial charge in [-0.1, -0.05) is 0 Å². The van der Waals surface area contributed by atoms with E-state index in [9.17, 15) is 13.2 Å². The highest BCUT2D eigenvalue weighted by molar-refractivity contribution is 7.89. The van der Waals surface area contributed by atoms with Gasteiger partial charge in [0.25, 0.3) is 0 Å². The molecule has 3 rings (SSSR count). The number of carbonyl (C=O) groups is 1. The summed E-state index contributed by atoms with van der Waals surface area (Å²) in [5.74, 6) is -0.191. The van der Waals surface area contributed by atoms with E-state index in [0.717, 1.165) is 5.13 Å². The highest BCUT2D eigenvalue weighted by atomic mass is 32.2. The molecule has 7 nitrogen and oxygen atoms in total. The van der Waals surface area contributed by atoms with Crippen molar-refractivity contribution < 1.29 is 13.2 Å². The number of hydrogen-bond donors (Lipinski definition) is 1. The highest BCUT2D eigenvalue weighted by Crippen LogP contribution is 2.23. The van der Waals surface area contributed by atoms with E-state index < -0.39 is 10.0 Å². The molecule has 1 aromatic carbocycles. The lowest BCUT2D eigenvalue weighted by atomic mass is 10.3. The fourth-order valence-electron chi connectivity index (χ4n) is 2.55. The lowest BCUT2D eigenvalue weighted by Gasteiger charge is -2.33. The first-order valence-corrected chi connectivity index (χ1v) is 9.81. The van der Waals surface area contributed by atoms with E-state index in [1.54, 1.807) is 29.7 Å². The number of rotatable bonds is 4. The predicted octanol–water partition coefficient (Wildman–Crippen LogP) is 1.61. The maximum absolute atomic E-state index is 12.7. The van der Waals surface area contributed by atoms with E-state index in [1.165, 1.54) is 23.4 Å². The van der Waals surface area contributed by atoms with Crippen LogP contribution in [0.5, 0.6) is 0 Å². The molecule has 1 aliphatic heterocycles. The van der Waals surface area contributed by atoms with Gasteiger partial charge < -0.3 is 10.2 Å². The Morgan fingerprint density at radius 1 is 1.17 bits per heavy atom. The van der Waals surface area contributed by atoms with E-state index in [1.807, 2.05) is 5.38 Å². The van der Waals surface area contributed by atoms with Crippen LogP contribution in [0.25, 0.3) is 0 Å². The topological polar surface area (TPSA) is 82.6 Å². The van der Waals surface area contributed by atoms with Crippen LogP contribution in [-0.2, 0) is 14.8 Å². The van der Waals surface area contributed by atoms with Crippen LogP contribution in [0.4, 0.5) is 10.8 Å². The molecule has 0 bridgehead atoms. The zero-order valence-electron chi connectivity index (χ0n) is 13.2. The number of carbonyl (C=O) groups excluding carboxylic acids is 1. The maximum atomic E-state index is 12.7. The number of anilines is 2. The van der Waals surface area contributed by atoms with Crippen LogP contribution in [0.1, 0.15) is 6.92 Å². The predicted molar refractivity (Wildman–Crippen MR) is 93.8 cm³/mol. The minimum absolute atomic E-state index is 0.191. The van der Waals surface area contributed by atoms with Crippen molar-refractivity contribution in [3.63, 3.8) is 0 Å². The minimum Gasteiger partial charge on any atom is -0.345 e. The number of nitrogens with one attached hydrogen (secondary N) is 1. The van der Waals surface area contributed by atoms with Crippen LogP contribution >= 0.6 is 11.3 Å². The molecule has 1 amide bonds. The molecule has 24 heavy (non-hydrogen) atoms. The van der Waals surface area contributed by atoms with Crippen molar-refractivity contribution in [1.82, 2.24) is 9.29 Å². The van der Waals surface area contributed by atoms with Crippen molar-refractivity contribution in [2.24, 2.45) is 0 Å². The molecule has 0 spiro atoms. The van der Waals surface area contributed by atoms with Gasteiger partial charge in [-0.25, -0.2) is 13.4 Å². The summed E-state index contributed by atoms with van der Waals surface area (Å²) in [7, 11) is -3.52. The zero-order chi connectivity index (χ0) is 17.2. The van der Waals surface area contributed by atoms with Gasteiger partial charge >= 0.3 is 0 Å². The van der Waals surface area contributed by atoms with E-state index in [-0.39, 0.29) is 10.8 Å². The fraction of sp³-hybridized carbons (Fsp3) is 0.333. The molecular formula is C15H18N4O3S2. The second kappa shape index (κ2) is 6.88. The summed E-state index contributed by atoms with van der Waals surface area (Å²) in [6, 6.07) is 6.24. The molecule has 2 aromatic rings. The molecule has 9 heteroatoms. The number of piperazine rings is 1. The number of thiazole rings is 1. The van der Waals surface area contributed by atoms with Gasteiger partial charge in [-0.15, -0.1) is 11.3 Å². The van der Waals surface area contributed by atoms with Crippen molar-refractivity contribution in [2.75, 3.05) is 36.4 Å². The summed E-state index contributed by atoms with van der Waals surface area (Å²) in [6.07, 6.45) is 1.75. The molecule has 0 saturated carbocycles. The molecule has 1 N–H and O–H groups in total. The number of hydrogen-bond acceptors (Lipinski definition) is 6. The fourth-order valence-corrected chi connectivity index (χ4v) is 4.67. The molecule has 2 heterocycles. The van der Waals surface area contributed by atoms with Crippen LogP contribution in [0.15, 0.2) is 40.7 Å². The smallest absolute Gasteiger partial charge is 0.243 e. The molecule has 0 radical (unpaired) electrons. The molecule has 1 aromatic heterocycles. The van der Waals surface area contributed by atoms with Crippen molar-refractivity contribution in [3.05, 3.63) is 35.8 Å². The Hall–Kier alpha value is -1.97. The third kappa shape index (κ3) is 3.58. The Kier molecular flexibility index (Phi) is 4.83. The average molecular weight is 366 g/mol. The van der Waals surface area contributed by atoms with Crippen molar-refractivity contribution in [2.45, 2.75) is 11.8 Å². The van der Waals surface area contributed by atoms with Gasteiger partial charge in [-0.05, 0) is 24.3 Å². The summed E-state index contributed by atoms with van der Waals surface area (Å²) in [5.41, 5.74) is 0.579. The first kappa shape index (κ1) is 16.9. The molecule has 0 unspecified atom stereocenters. The minimum atomic E-state index is -3.52. The molecule has 1 aliphatic rings. The third-order valence-electron chi connectivity index (χ3n) is 3.74. The van der Waals surface area contributed by atoms with Crippen molar-refractivity contribution in [1.29, 1.82) is 0 Å². The van der Waals surface area contributed by atoms with Crippen LogP contribution in [-0.4, -0.2) is 49.8 Å². The number of amides is 1. The Bertz CT molecular complexity index is 796. The van der Waals surface area contributed by atoms with E-state index in [0.29, 0.717) is 31.9 Å². The van der Waals surface area contributed by atoms with Gasteiger partial charge in [0.05, 0.1) is 4.90 Å². The Morgan fingerprint density at radius 3 is 2.38 bits per heavy atom. The first-order valence-electron chi connectivity index (χ1n) is 7.49. The largest absolute Gasteiger partial charge is 0.345 e. The van der Waals surface area contributed by atoms with E-state index >= 15 is 0 Å². The molecule has 128 valence electrons. The maximum Gasteiger partial charge on any atom is 0.243 e. The highest BCUT2D eigenvalue weighted by Gasteiger charge is 2.29. The Morgan fingerprint density at radius 2 is 1.83 bits per heavy atom. The molecule has 1 fully saturated rings. The van der Waals surface area contributed by atoms with Crippen molar-refractivity contribution in [3.8, 4) is 0 Å². The zero-order valence-corrected chi connectivity index (χ0v) is 14.8. The van der Waals surface area contributed by atoms with E-state index in [4.69, 9.17) is 0 Å². The third-order valence-corrected chi connectivity index (χ3v) is 6.49. The number of aromatic nitrogens is 1. The Labute approximate surface area is 145 Å². The lowest BCUT2D eigenvalue weighted by Crippen LogP contribution is -2.48. The summed E-state index contributed by atoms with van der Waals surface area (Å²) >= 11 is 1.55. The van der Waals surface area contributed by atoms with Gasteiger partial charge in [0.15, 0.2) is 5.13 Å². The lowest BCUT2D eigenvalue weighted by molar-refractivity contribution is -0.114. The van der Waals surface area contributed by atoms with Crippen molar-refractivity contribution >= 4 is 38.1 Å². The number of nitrogens with zero attached hydrogens (tertiary/aromatic N) is 3. The number of sulfonamides is 1. The second-order valence-corrected chi connectivity index (χ2v) is 8.22. The van der Waals surface area contributed by atoms with Gasteiger partial charge in [0.1, 0.15) is 0 Å². The summed E-state index contributed by atoms with van der Waals surface area (Å²) in [6.45, 7) is 3.50. The van der Waals surface area contributed by atoms with Gasteiger partial charge in [0.2, 0.25) is 15.9 Å². The van der Waals surface area contributed by atoms with Gasteiger partial charge in [0, 0.05) is 50.4 Å². The summed E-state index contributed by atoms with van der Waals surface area (Å²) in [4.78, 5) is 17.6. The average Bonchev–Trinajstić information content (AvgIpc) is 3.09. The summed E-state index contributed by atoms with van der Waals surface area (Å²) in [5, 5.41) is 5.46. The van der Waals surface area contributed by atoms with Crippen LogP contribution in [0, 0.1) is 0 Å². The standard InChI is InChI=1S/C15H18N4O3S2/c1-12(20)17-13-2-4-14(5-3-13)24(21,22)19-9-7-18(8-10-19)15-16-6-11-23-15/h2-6,11H,7-10H2,1H3,(H,17,20). The quantitative estimate of drug-likeness (QED) is 0.889. The molecule has 0 atom stereocenters. The first-order chi connectivity index (χ1) is 11.5. The van der Waals surface area contributed by atoms with Crippen LogP contribution in [0.3, 0.4) is 0 Å². The SMILES string of the molecule is CC(=O)Nc1ccc(S(=O)(=O)N2CCN(c3nccs3)CC2)cc1. The monoisotopic (exact) mass is 366 g/mol. The summed E-state index contributed by atoms with van der Waals surface area (Å²) < 4.78 is 26.9. The molecule has 1 saturated heterocycles. The second-order valence-electron chi connectivity index (χ2n) is 5.41. The van der Waals surface area contributed by atoms with Crippen LogP contribution in [0.2, 0.25) is 0 Å². The molecule has 0 aliphatic carbocycles. The number of benzene rings is 1. The van der Waals surface area contributed by atoms with E-state index in [2.05, 4.69) is 15.2 Å².